The highest BCUT2D eigenvalue weighted by Crippen LogP contribution is 2.28. The van der Waals surface area contributed by atoms with Gasteiger partial charge in [-0.15, -0.1) is 0 Å². The first-order chi connectivity index (χ1) is 8.13. The van der Waals surface area contributed by atoms with Gasteiger partial charge >= 0.3 is 0 Å². The van der Waals surface area contributed by atoms with Crippen LogP contribution >= 0.6 is 11.6 Å². The summed E-state index contributed by atoms with van der Waals surface area (Å²) in [5, 5.41) is 9.23. The topological polar surface area (TPSA) is 66.3 Å². The molecule has 2 rings (SSSR count). The molecule has 5 nitrogen and oxygen atoms in total. The number of aromatic nitrogens is 2. The average molecular weight is 256 g/mol. The lowest BCUT2D eigenvalue weighted by Gasteiger charge is -2.21. The van der Waals surface area contributed by atoms with Crippen LogP contribution in [0.3, 0.4) is 0 Å². The van der Waals surface area contributed by atoms with Gasteiger partial charge in [0.2, 0.25) is 0 Å². The van der Waals surface area contributed by atoms with E-state index in [4.69, 9.17) is 16.7 Å². The van der Waals surface area contributed by atoms with Gasteiger partial charge in [-0.05, 0) is 19.8 Å². The van der Waals surface area contributed by atoms with Gasteiger partial charge in [-0.25, -0.2) is 9.97 Å². The molecule has 1 aliphatic carbocycles. The van der Waals surface area contributed by atoms with E-state index in [0.29, 0.717) is 12.4 Å². The summed E-state index contributed by atoms with van der Waals surface area (Å²) in [6.45, 7) is 1.98. The largest absolute Gasteiger partial charge is 0.395 e. The molecular formula is C11H14ClN3O2. The van der Waals surface area contributed by atoms with Crippen molar-refractivity contribution in [1.29, 1.82) is 0 Å². The summed E-state index contributed by atoms with van der Waals surface area (Å²) in [5.41, 5.74) is 0.222. The molecule has 1 fully saturated rings. The third-order valence-electron chi connectivity index (χ3n) is 2.66. The molecule has 0 aromatic carbocycles. The van der Waals surface area contributed by atoms with Gasteiger partial charge < -0.3 is 10.0 Å². The number of hydrogen-bond acceptors (Lipinski definition) is 4. The molecule has 0 bridgehead atoms. The summed E-state index contributed by atoms with van der Waals surface area (Å²) in [4.78, 5) is 21.9. The molecule has 17 heavy (non-hydrogen) atoms. The van der Waals surface area contributed by atoms with Crippen molar-refractivity contribution in [2.45, 2.75) is 25.8 Å². The fourth-order valence-corrected chi connectivity index (χ4v) is 1.86. The van der Waals surface area contributed by atoms with Crippen LogP contribution in [0.1, 0.15) is 29.2 Å². The Morgan fingerprint density at radius 1 is 1.65 bits per heavy atom. The summed E-state index contributed by atoms with van der Waals surface area (Å²) < 4.78 is 0. The van der Waals surface area contributed by atoms with Crippen LogP contribution in [0.4, 0.5) is 0 Å². The molecule has 0 spiro atoms. The molecule has 1 heterocycles. The maximum atomic E-state index is 12.2. The van der Waals surface area contributed by atoms with E-state index in [1.165, 1.54) is 6.20 Å². The van der Waals surface area contributed by atoms with Crippen LogP contribution in [0.2, 0.25) is 5.02 Å². The van der Waals surface area contributed by atoms with Gasteiger partial charge in [0.25, 0.3) is 5.91 Å². The third-order valence-corrected chi connectivity index (χ3v) is 2.93. The Hall–Kier alpha value is -1.20. The Kier molecular flexibility index (Phi) is 3.59. The lowest BCUT2D eigenvalue weighted by molar-refractivity contribution is 0.0701. The number of halogens is 1. The standard InChI is InChI=1S/C11H14ClN3O2/c1-7-13-6-9(12)10(14-7)11(17)15(4-5-16)8-2-3-8/h6,8,16H,2-5H2,1H3. The number of carbonyl (C=O) groups excluding carboxylic acids is 1. The van der Waals surface area contributed by atoms with Gasteiger partial charge in [0.05, 0.1) is 17.8 Å². The summed E-state index contributed by atoms with van der Waals surface area (Å²) in [6.07, 6.45) is 3.39. The number of hydrogen-bond donors (Lipinski definition) is 1. The number of aliphatic hydroxyl groups excluding tert-OH is 1. The second-order valence-electron chi connectivity index (χ2n) is 4.07. The molecule has 1 amide bonds. The number of carbonyl (C=O) groups is 1. The number of nitrogens with zero attached hydrogens (tertiary/aromatic N) is 3. The van der Waals surface area contributed by atoms with Crippen molar-refractivity contribution in [3.05, 3.63) is 22.7 Å². The Balaban J connectivity index is 2.24. The SMILES string of the molecule is Cc1ncc(Cl)c(C(=O)N(CCO)C2CC2)n1. The highest BCUT2D eigenvalue weighted by molar-refractivity contribution is 6.33. The first-order valence-corrected chi connectivity index (χ1v) is 5.92. The smallest absolute Gasteiger partial charge is 0.274 e. The van der Waals surface area contributed by atoms with Crippen molar-refractivity contribution in [1.82, 2.24) is 14.9 Å². The molecule has 92 valence electrons. The minimum Gasteiger partial charge on any atom is -0.395 e. The van der Waals surface area contributed by atoms with E-state index >= 15 is 0 Å². The molecular weight excluding hydrogens is 242 g/mol. The minimum absolute atomic E-state index is 0.0517. The number of aryl methyl sites for hydroxylation is 1. The first kappa shape index (κ1) is 12.3. The Morgan fingerprint density at radius 3 is 2.94 bits per heavy atom. The summed E-state index contributed by atoms with van der Waals surface area (Å²) in [7, 11) is 0. The van der Waals surface area contributed by atoms with E-state index in [1.54, 1.807) is 11.8 Å². The molecule has 0 unspecified atom stereocenters. The Labute approximate surface area is 104 Å². The molecule has 6 heteroatoms. The van der Waals surface area contributed by atoms with E-state index in [2.05, 4.69) is 9.97 Å². The first-order valence-electron chi connectivity index (χ1n) is 5.54. The Bertz CT molecular complexity index is 435. The number of rotatable bonds is 4. The second kappa shape index (κ2) is 4.98. The van der Waals surface area contributed by atoms with Gasteiger partial charge in [0.15, 0.2) is 5.69 Å². The van der Waals surface area contributed by atoms with E-state index in [1.807, 2.05) is 0 Å². The quantitative estimate of drug-likeness (QED) is 0.873. The highest BCUT2D eigenvalue weighted by Gasteiger charge is 2.34. The van der Waals surface area contributed by atoms with Crippen molar-refractivity contribution in [2.75, 3.05) is 13.2 Å². The predicted octanol–water partition coefficient (Wildman–Crippen LogP) is 1.04. The van der Waals surface area contributed by atoms with Crippen molar-refractivity contribution in [3.63, 3.8) is 0 Å². The lowest BCUT2D eigenvalue weighted by atomic mass is 10.3. The molecule has 1 saturated carbocycles. The van der Waals surface area contributed by atoms with Crippen LogP contribution in [0.15, 0.2) is 6.20 Å². The summed E-state index contributed by atoms with van der Waals surface area (Å²) in [6, 6.07) is 0.223. The Morgan fingerprint density at radius 2 is 2.35 bits per heavy atom. The minimum atomic E-state index is -0.225. The molecule has 1 aromatic rings. The van der Waals surface area contributed by atoms with Crippen LogP contribution in [0.5, 0.6) is 0 Å². The monoisotopic (exact) mass is 255 g/mol. The molecule has 1 aliphatic rings. The van der Waals surface area contributed by atoms with Crippen molar-refractivity contribution >= 4 is 17.5 Å². The van der Waals surface area contributed by atoms with Gasteiger partial charge in [-0.2, -0.15) is 0 Å². The molecule has 0 aliphatic heterocycles. The van der Waals surface area contributed by atoms with Crippen molar-refractivity contribution in [2.24, 2.45) is 0 Å². The molecule has 1 N–H and O–H groups in total. The van der Waals surface area contributed by atoms with E-state index in [0.717, 1.165) is 12.8 Å². The fourth-order valence-electron chi connectivity index (χ4n) is 1.69. The zero-order valence-corrected chi connectivity index (χ0v) is 10.3. The number of aliphatic hydroxyl groups is 1. The maximum Gasteiger partial charge on any atom is 0.274 e. The van der Waals surface area contributed by atoms with E-state index in [9.17, 15) is 4.79 Å². The average Bonchev–Trinajstić information content (AvgIpc) is 3.12. The van der Waals surface area contributed by atoms with Gasteiger partial charge in [-0.3, -0.25) is 4.79 Å². The maximum absolute atomic E-state index is 12.2. The molecule has 0 radical (unpaired) electrons. The molecule has 1 aromatic heterocycles. The lowest BCUT2D eigenvalue weighted by Crippen LogP contribution is -2.36. The van der Waals surface area contributed by atoms with Crippen LogP contribution in [0, 0.1) is 6.92 Å². The zero-order valence-electron chi connectivity index (χ0n) is 9.56. The van der Waals surface area contributed by atoms with Gasteiger partial charge in [-0.1, -0.05) is 11.6 Å². The van der Waals surface area contributed by atoms with E-state index in [-0.39, 0.29) is 29.3 Å². The number of amides is 1. The normalized spacial score (nSPS) is 14.8. The third kappa shape index (κ3) is 2.73. The van der Waals surface area contributed by atoms with Gasteiger partial charge in [0.1, 0.15) is 5.82 Å². The summed E-state index contributed by atoms with van der Waals surface area (Å²) in [5.74, 6) is 0.287. The second-order valence-corrected chi connectivity index (χ2v) is 4.47. The van der Waals surface area contributed by atoms with Crippen LogP contribution in [-0.4, -0.2) is 45.1 Å². The van der Waals surface area contributed by atoms with E-state index < -0.39 is 0 Å². The summed E-state index contributed by atoms with van der Waals surface area (Å²) >= 11 is 5.93. The van der Waals surface area contributed by atoms with Crippen LogP contribution in [0.25, 0.3) is 0 Å². The van der Waals surface area contributed by atoms with Crippen molar-refractivity contribution < 1.29 is 9.90 Å². The van der Waals surface area contributed by atoms with Crippen molar-refractivity contribution in [3.8, 4) is 0 Å². The molecule has 0 saturated heterocycles. The van der Waals surface area contributed by atoms with Crippen LogP contribution < -0.4 is 0 Å². The fraction of sp³-hybridized carbons (Fsp3) is 0.545. The van der Waals surface area contributed by atoms with Crippen LogP contribution in [-0.2, 0) is 0 Å². The zero-order chi connectivity index (χ0) is 12.4. The highest BCUT2D eigenvalue weighted by atomic mass is 35.5. The predicted molar refractivity (Wildman–Crippen MR) is 62.9 cm³/mol. The van der Waals surface area contributed by atoms with Gasteiger partial charge in [0, 0.05) is 12.6 Å². The molecule has 0 atom stereocenters.